The molecule has 0 aliphatic heterocycles. The summed E-state index contributed by atoms with van der Waals surface area (Å²) >= 11 is 4.19. The van der Waals surface area contributed by atoms with Crippen LogP contribution in [-0.4, -0.2) is 30.9 Å². The number of para-hydroxylation sites is 1. The molecule has 0 saturated heterocycles. The Morgan fingerprint density at radius 1 is 1.33 bits per heavy atom. The summed E-state index contributed by atoms with van der Waals surface area (Å²) in [6, 6.07) is 11.6. The molecule has 1 aromatic carbocycles. The van der Waals surface area contributed by atoms with E-state index >= 15 is 0 Å². The van der Waals surface area contributed by atoms with Gasteiger partial charge in [-0.3, -0.25) is 0 Å². The molecule has 0 aliphatic rings. The number of anilines is 1. The Labute approximate surface area is 116 Å². The number of hydrogen-bond donors (Lipinski definition) is 4. The first kappa shape index (κ1) is 15.3. The summed E-state index contributed by atoms with van der Waals surface area (Å²) in [5, 5.41) is 6.88. The molecule has 0 aromatic heterocycles. The number of thiol groups is 1. The van der Waals surface area contributed by atoms with Gasteiger partial charge in [0.25, 0.3) is 0 Å². The van der Waals surface area contributed by atoms with Gasteiger partial charge in [0.1, 0.15) is 0 Å². The van der Waals surface area contributed by atoms with Gasteiger partial charge in [0.15, 0.2) is 0 Å². The zero-order valence-electron chi connectivity index (χ0n) is 11.2. The van der Waals surface area contributed by atoms with Crippen molar-refractivity contribution in [3.63, 3.8) is 0 Å². The zero-order valence-corrected chi connectivity index (χ0v) is 12.1. The second-order valence-corrected chi connectivity index (χ2v) is 5.22. The number of nitrogens with two attached hydrogens (primary N) is 1. The van der Waals surface area contributed by atoms with Crippen molar-refractivity contribution < 1.29 is 0 Å². The predicted octanol–water partition coefficient (Wildman–Crippen LogP) is 1.77. The highest BCUT2D eigenvalue weighted by molar-refractivity contribution is 7.80. The van der Waals surface area contributed by atoms with E-state index in [1.165, 1.54) is 0 Å². The third kappa shape index (κ3) is 5.76. The van der Waals surface area contributed by atoms with Crippen LogP contribution in [0.25, 0.3) is 0 Å². The van der Waals surface area contributed by atoms with E-state index in [0.717, 1.165) is 18.8 Å². The van der Waals surface area contributed by atoms with Crippen molar-refractivity contribution in [2.45, 2.75) is 25.9 Å². The first-order valence-electron chi connectivity index (χ1n) is 6.44. The van der Waals surface area contributed by atoms with Crippen molar-refractivity contribution in [1.82, 2.24) is 5.32 Å². The van der Waals surface area contributed by atoms with E-state index in [1.54, 1.807) is 0 Å². The lowest BCUT2D eigenvalue weighted by molar-refractivity contribution is 0.405. The molecule has 0 amide bonds. The van der Waals surface area contributed by atoms with E-state index in [4.69, 9.17) is 5.73 Å². The molecule has 18 heavy (non-hydrogen) atoms. The zero-order chi connectivity index (χ0) is 13.4. The summed E-state index contributed by atoms with van der Waals surface area (Å²) in [6.07, 6.45) is 0. The van der Waals surface area contributed by atoms with Gasteiger partial charge in [-0.2, -0.15) is 12.6 Å². The molecule has 4 N–H and O–H groups in total. The van der Waals surface area contributed by atoms with E-state index in [1.807, 2.05) is 24.3 Å². The quantitative estimate of drug-likeness (QED) is 0.543. The summed E-state index contributed by atoms with van der Waals surface area (Å²) in [5.74, 6) is 1.26. The molecule has 1 aromatic rings. The molecule has 4 heteroatoms. The molecule has 0 spiro atoms. The molecule has 1 rings (SSSR count). The minimum atomic E-state index is 0.109. The Hall–Kier alpha value is -0.710. The van der Waals surface area contributed by atoms with E-state index in [2.05, 4.69) is 43.2 Å². The van der Waals surface area contributed by atoms with Crippen molar-refractivity contribution >= 4 is 18.3 Å². The van der Waals surface area contributed by atoms with Crippen molar-refractivity contribution in [2.24, 2.45) is 11.7 Å². The van der Waals surface area contributed by atoms with Crippen LogP contribution < -0.4 is 16.4 Å². The lowest BCUT2D eigenvalue weighted by Gasteiger charge is -2.24. The maximum Gasteiger partial charge on any atom is 0.0421 e. The van der Waals surface area contributed by atoms with Crippen LogP contribution in [0.15, 0.2) is 24.3 Å². The fourth-order valence-electron chi connectivity index (χ4n) is 1.63. The number of rotatable bonds is 8. The van der Waals surface area contributed by atoms with Crippen LogP contribution in [0, 0.1) is 12.0 Å². The second-order valence-electron chi connectivity index (χ2n) is 4.86. The van der Waals surface area contributed by atoms with Gasteiger partial charge in [-0.05, 0) is 12.0 Å². The van der Waals surface area contributed by atoms with Crippen LogP contribution in [0.2, 0.25) is 0 Å². The first-order chi connectivity index (χ1) is 8.63. The normalized spacial score (nSPS) is 14.5. The van der Waals surface area contributed by atoms with E-state index in [-0.39, 0.29) is 6.04 Å². The smallest absolute Gasteiger partial charge is 0.0421 e. The van der Waals surface area contributed by atoms with Gasteiger partial charge in [-0.25, -0.2) is 0 Å². The van der Waals surface area contributed by atoms with Crippen molar-refractivity contribution in [3.8, 4) is 0 Å². The van der Waals surface area contributed by atoms with Crippen molar-refractivity contribution in [1.29, 1.82) is 0 Å². The molecule has 0 heterocycles. The maximum atomic E-state index is 5.86. The van der Waals surface area contributed by atoms with Crippen LogP contribution in [-0.2, 0) is 0 Å². The van der Waals surface area contributed by atoms with Crippen molar-refractivity contribution in [3.05, 3.63) is 30.3 Å². The third-order valence-corrected chi connectivity index (χ3v) is 3.37. The maximum absolute atomic E-state index is 5.86. The summed E-state index contributed by atoms with van der Waals surface area (Å²) < 4.78 is 0. The first-order valence-corrected chi connectivity index (χ1v) is 7.07. The fraction of sp³-hybridized carbons (Fsp3) is 0.571. The number of benzene rings is 1. The molecule has 2 unspecified atom stereocenters. The molecular formula is C14H24N3S. The molecule has 101 valence electrons. The summed E-state index contributed by atoms with van der Waals surface area (Å²) in [5.41, 5.74) is 6.89. The average Bonchev–Trinajstić information content (AvgIpc) is 2.39. The molecule has 3 nitrogen and oxygen atoms in total. The van der Waals surface area contributed by atoms with Crippen molar-refractivity contribution in [2.75, 3.05) is 24.2 Å². The number of nitrogens with one attached hydrogen (secondary N) is 2. The van der Waals surface area contributed by atoms with Crippen LogP contribution in [0.4, 0.5) is 5.69 Å². The topological polar surface area (TPSA) is 50.1 Å². The Bertz CT molecular complexity index is 316. The SMILES string of the molecule is CC(C)C(CNc1[c]cccc1)NCC(N)CS. The summed E-state index contributed by atoms with van der Waals surface area (Å²) in [7, 11) is 0. The van der Waals surface area contributed by atoms with E-state index < -0.39 is 0 Å². The molecule has 0 aliphatic carbocycles. The molecule has 0 fully saturated rings. The van der Waals surface area contributed by atoms with Gasteiger partial charge in [-0.15, -0.1) is 0 Å². The Balaban J connectivity index is 2.38. The Kier molecular flexibility index (Phi) is 7.16. The van der Waals surface area contributed by atoms with E-state index in [9.17, 15) is 0 Å². The van der Waals surface area contributed by atoms with Gasteiger partial charge in [0.05, 0.1) is 0 Å². The monoisotopic (exact) mass is 266 g/mol. The second kappa shape index (κ2) is 8.40. The molecule has 2 atom stereocenters. The van der Waals surface area contributed by atoms with Gasteiger partial charge in [0.2, 0.25) is 0 Å². The standard InChI is InChI=1S/C14H24N3S/c1-11(2)14(17-8-12(15)10-18)9-16-13-6-4-3-5-7-13/h3-6,11-12,14,16-18H,8-10,15H2,1-2H3. The van der Waals surface area contributed by atoms with Crippen LogP contribution in [0.5, 0.6) is 0 Å². The number of hydrogen-bond acceptors (Lipinski definition) is 4. The molecular weight excluding hydrogens is 242 g/mol. The van der Waals surface area contributed by atoms with Gasteiger partial charge >= 0.3 is 0 Å². The highest BCUT2D eigenvalue weighted by atomic mass is 32.1. The summed E-state index contributed by atoms with van der Waals surface area (Å²) in [6.45, 7) is 6.09. The van der Waals surface area contributed by atoms with Crippen LogP contribution in [0.1, 0.15) is 13.8 Å². The summed E-state index contributed by atoms with van der Waals surface area (Å²) in [4.78, 5) is 0. The minimum absolute atomic E-state index is 0.109. The highest BCUT2D eigenvalue weighted by Crippen LogP contribution is 2.07. The Morgan fingerprint density at radius 3 is 2.67 bits per heavy atom. The minimum Gasteiger partial charge on any atom is -0.383 e. The highest BCUT2D eigenvalue weighted by Gasteiger charge is 2.13. The third-order valence-electron chi connectivity index (χ3n) is 2.90. The lowest BCUT2D eigenvalue weighted by atomic mass is 10.0. The van der Waals surface area contributed by atoms with Gasteiger partial charge in [0, 0.05) is 42.7 Å². The average molecular weight is 266 g/mol. The van der Waals surface area contributed by atoms with E-state index in [0.29, 0.717) is 17.7 Å². The van der Waals surface area contributed by atoms with Gasteiger partial charge < -0.3 is 16.4 Å². The predicted molar refractivity (Wildman–Crippen MR) is 82.2 cm³/mol. The largest absolute Gasteiger partial charge is 0.383 e. The molecule has 0 saturated carbocycles. The fourth-order valence-corrected chi connectivity index (χ4v) is 1.76. The van der Waals surface area contributed by atoms with Crippen LogP contribution in [0.3, 0.4) is 0 Å². The molecule has 0 bridgehead atoms. The Morgan fingerprint density at radius 2 is 2.11 bits per heavy atom. The molecule has 1 radical (unpaired) electrons. The van der Waals surface area contributed by atoms with Gasteiger partial charge in [-0.1, -0.05) is 32.0 Å². The lowest BCUT2D eigenvalue weighted by Crippen LogP contribution is -2.46. The van der Waals surface area contributed by atoms with Crippen LogP contribution >= 0.6 is 12.6 Å².